The van der Waals surface area contributed by atoms with E-state index in [-0.39, 0.29) is 11.8 Å². The molecule has 0 unspecified atom stereocenters. The first kappa shape index (κ1) is 19.3. The Kier molecular flexibility index (Phi) is 5.98. The molecule has 2 aromatic carbocycles. The van der Waals surface area contributed by atoms with Gasteiger partial charge in [0, 0.05) is 51.3 Å². The maximum Gasteiger partial charge on any atom is 0.224 e. The number of piperazine rings is 1. The Morgan fingerprint density at radius 3 is 2.59 bits per heavy atom. The second kappa shape index (κ2) is 8.99. The summed E-state index contributed by atoms with van der Waals surface area (Å²) in [6.07, 6.45) is 1.57. The molecule has 0 aromatic heterocycles. The van der Waals surface area contributed by atoms with Crippen LogP contribution in [-0.2, 0) is 22.4 Å². The first-order valence-corrected chi connectivity index (χ1v) is 10.3. The lowest BCUT2D eigenvalue weighted by atomic mass is 10.1. The van der Waals surface area contributed by atoms with E-state index in [1.54, 1.807) is 0 Å². The number of nitrogens with one attached hydrogen (secondary N) is 1. The molecule has 0 atom stereocenters. The van der Waals surface area contributed by atoms with Crippen LogP contribution < -0.4 is 15.0 Å². The minimum atomic E-state index is -0.0504. The summed E-state index contributed by atoms with van der Waals surface area (Å²) in [6.45, 7) is 4.21. The third kappa shape index (κ3) is 4.88. The molecule has 1 fully saturated rings. The summed E-state index contributed by atoms with van der Waals surface area (Å²) < 4.78 is 5.49. The van der Waals surface area contributed by atoms with Crippen LogP contribution in [-0.4, -0.2) is 56.0 Å². The van der Waals surface area contributed by atoms with Crippen LogP contribution in [0.15, 0.2) is 48.5 Å². The number of benzene rings is 2. The number of carbonyl (C=O) groups is 2. The van der Waals surface area contributed by atoms with Crippen molar-refractivity contribution in [3.05, 3.63) is 59.7 Å². The SMILES string of the molecule is O=C(Cc1ccc2c(c1)CCO2)NCCC(=O)N1CCN(c2ccccc2)CC1. The summed E-state index contributed by atoms with van der Waals surface area (Å²) in [4.78, 5) is 28.8. The van der Waals surface area contributed by atoms with E-state index in [2.05, 4.69) is 22.3 Å². The molecule has 0 aliphatic carbocycles. The van der Waals surface area contributed by atoms with Crippen LogP contribution >= 0.6 is 0 Å². The molecule has 29 heavy (non-hydrogen) atoms. The summed E-state index contributed by atoms with van der Waals surface area (Å²) in [6, 6.07) is 16.2. The third-order valence-corrected chi connectivity index (χ3v) is 5.53. The molecule has 6 heteroatoms. The van der Waals surface area contributed by atoms with E-state index in [9.17, 15) is 9.59 Å². The minimum absolute atomic E-state index is 0.0504. The predicted octanol–water partition coefficient (Wildman–Crippen LogP) is 2.02. The highest BCUT2D eigenvalue weighted by molar-refractivity contribution is 5.80. The number of nitrogens with zero attached hydrogens (tertiary/aromatic N) is 2. The standard InChI is InChI=1S/C23H27N3O3/c27-22(17-18-6-7-21-19(16-18)9-15-29-21)24-10-8-23(28)26-13-11-25(12-14-26)20-4-2-1-3-5-20/h1-7,16H,8-15,17H2,(H,24,27). The van der Waals surface area contributed by atoms with Gasteiger partial charge in [-0.1, -0.05) is 30.3 Å². The van der Waals surface area contributed by atoms with Crippen molar-refractivity contribution in [2.75, 3.05) is 44.2 Å². The second-order valence-corrected chi connectivity index (χ2v) is 7.52. The quantitative estimate of drug-likeness (QED) is 0.816. The van der Waals surface area contributed by atoms with Gasteiger partial charge in [-0.2, -0.15) is 0 Å². The van der Waals surface area contributed by atoms with Gasteiger partial charge in [-0.15, -0.1) is 0 Å². The third-order valence-electron chi connectivity index (χ3n) is 5.53. The van der Waals surface area contributed by atoms with Crippen molar-refractivity contribution in [2.45, 2.75) is 19.3 Å². The Morgan fingerprint density at radius 2 is 1.79 bits per heavy atom. The van der Waals surface area contributed by atoms with Crippen LogP contribution in [0.25, 0.3) is 0 Å². The van der Waals surface area contributed by atoms with Crippen LogP contribution in [0.4, 0.5) is 5.69 Å². The van der Waals surface area contributed by atoms with E-state index in [1.807, 2.05) is 41.3 Å². The molecule has 6 nitrogen and oxygen atoms in total. The van der Waals surface area contributed by atoms with E-state index in [1.165, 1.54) is 11.3 Å². The fourth-order valence-electron chi connectivity index (χ4n) is 3.92. The summed E-state index contributed by atoms with van der Waals surface area (Å²) in [5.74, 6) is 0.977. The summed E-state index contributed by atoms with van der Waals surface area (Å²) in [5, 5.41) is 2.88. The average molecular weight is 393 g/mol. The second-order valence-electron chi connectivity index (χ2n) is 7.52. The van der Waals surface area contributed by atoms with Crippen LogP contribution in [0.2, 0.25) is 0 Å². The molecule has 2 aromatic rings. The molecule has 1 saturated heterocycles. The lowest BCUT2D eigenvalue weighted by molar-refractivity contribution is -0.131. The van der Waals surface area contributed by atoms with Gasteiger partial charge in [0.15, 0.2) is 0 Å². The molecule has 2 heterocycles. The monoisotopic (exact) mass is 393 g/mol. The highest BCUT2D eigenvalue weighted by Crippen LogP contribution is 2.26. The van der Waals surface area contributed by atoms with E-state index in [4.69, 9.17) is 4.74 Å². The Morgan fingerprint density at radius 1 is 1.00 bits per heavy atom. The molecule has 1 N–H and O–H groups in total. The largest absolute Gasteiger partial charge is 0.493 e. The Bertz CT molecular complexity index is 861. The summed E-state index contributed by atoms with van der Waals surface area (Å²) in [7, 11) is 0. The minimum Gasteiger partial charge on any atom is -0.493 e. The number of ether oxygens (including phenoxy) is 1. The highest BCUT2D eigenvalue weighted by Gasteiger charge is 2.21. The van der Waals surface area contributed by atoms with E-state index in [0.717, 1.165) is 43.9 Å². The number of anilines is 1. The molecule has 2 aliphatic rings. The van der Waals surface area contributed by atoms with Crippen molar-refractivity contribution < 1.29 is 14.3 Å². The van der Waals surface area contributed by atoms with Gasteiger partial charge in [0.1, 0.15) is 5.75 Å². The summed E-state index contributed by atoms with van der Waals surface area (Å²) >= 11 is 0. The molecule has 0 bridgehead atoms. The first-order chi connectivity index (χ1) is 14.2. The van der Waals surface area contributed by atoms with Gasteiger partial charge < -0.3 is 19.9 Å². The number of fused-ring (bicyclic) bond motifs is 1. The number of para-hydroxylation sites is 1. The fraction of sp³-hybridized carbons (Fsp3) is 0.391. The van der Waals surface area contributed by atoms with Crippen molar-refractivity contribution >= 4 is 17.5 Å². The zero-order valence-corrected chi connectivity index (χ0v) is 16.6. The molecule has 2 aliphatic heterocycles. The first-order valence-electron chi connectivity index (χ1n) is 10.3. The molecule has 2 amide bonds. The topological polar surface area (TPSA) is 61.9 Å². The average Bonchev–Trinajstić information content (AvgIpc) is 3.22. The zero-order chi connectivity index (χ0) is 20.1. The number of carbonyl (C=O) groups excluding carboxylic acids is 2. The number of hydrogen-bond acceptors (Lipinski definition) is 4. The van der Waals surface area contributed by atoms with Crippen molar-refractivity contribution in [2.24, 2.45) is 0 Å². The van der Waals surface area contributed by atoms with Gasteiger partial charge in [0.2, 0.25) is 11.8 Å². The fourth-order valence-corrected chi connectivity index (χ4v) is 3.92. The normalized spacial score (nSPS) is 15.6. The number of hydrogen-bond donors (Lipinski definition) is 1. The Balaban J connectivity index is 1.17. The predicted molar refractivity (Wildman–Crippen MR) is 112 cm³/mol. The maximum atomic E-state index is 12.5. The van der Waals surface area contributed by atoms with Crippen LogP contribution in [0.1, 0.15) is 17.5 Å². The maximum absolute atomic E-state index is 12.5. The summed E-state index contributed by atoms with van der Waals surface area (Å²) in [5.41, 5.74) is 3.35. The molecule has 0 radical (unpaired) electrons. The van der Waals surface area contributed by atoms with Gasteiger partial charge >= 0.3 is 0 Å². The molecular formula is C23H27N3O3. The van der Waals surface area contributed by atoms with Gasteiger partial charge in [0.25, 0.3) is 0 Å². The molecular weight excluding hydrogens is 366 g/mol. The highest BCUT2D eigenvalue weighted by atomic mass is 16.5. The molecule has 0 spiro atoms. The van der Waals surface area contributed by atoms with E-state index >= 15 is 0 Å². The zero-order valence-electron chi connectivity index (χ0n) is 16.6. The van der Waals surface area contributed by atoms with Gasteiger partial charge in [0.05, 0.1) is 13.0 Å². The van der Waals surface area contributed by atoms with Crippen LogP contribution in [0.5, 0.6) is 5.75 Å². The lowest BCUT2D eigenvalue weighted by Gasteiger charge is -2.36. The molecule has 152 valence electrons. The molecule has 4 rings (SSSR count). The number of amides is 2. The Hall–Kier alpha value is -3.02. The molecule has 0 saturated carbocycles. The van der Waals surface area contributed by atoms with Crippen LogP contribution in [0.3, 0.4) is 0 Å². The van der Waals surface area contributed by atoms with Crippen molar-refractivity contribution in [1.29, 1.82) is 0 Å². The Labute approximate surface area is 171 Å². The van der Waals surface area contributed by atoms with Crippen LogP contribution in [0, 0.1) is 0 Å². The van der Waals surface area contributed by atoms with Crippen molar-refractivity contribution in [3.8, 4) is 5.75 Å². The van der Waals surface area contributed by atoms with Crippen molar-refractivity contribution in [1.82, 2.24) is 10.2 Å². The lowest BCUT2D eigenvalue weighted by Crippen LogP contribution is -2.49. The van der Waals surface area contributed by atoms with E-state index < -0.39 is 0 Å². The number of rotatable bonds is 6. The van der Waals surface area contributed by atoms with Gasteiger partial charge in [-0.3, -0.25) is 9.59 Å². The smallest absolute Gasteiger partial charge is 0.224 e. The van der Waals surface area contributed by atoms with Gasteiger partial charge in [-0.25, -0.2) is 0 Å². The van der Waals surface area contributed by atoms with E-state index in [0.29, 0.717) is 26.0 Å². The van der Waals surface area contributed by atoms with Gasteiger partial charge in [-0.05, 0) is 29.3 Å². The van der Waals surface area contributed by atoms with Crippen molar-refractivity contribution in [3.63, 3.8) is 0 Å².